The lowest BCUT2D eigenvalue weighted by molar-refractivity contribution is 0.0724. The summed E-state index contributed by atoms with van der Waals surface area (Å²) in [7, 11) is 0. The third-order valence-corrected chi connectivity index (χ3v) is 7.93. The topological polar surface area (TPSA) is 77.6 Å². The van der Waals surface area contributed by atoms with E-state index in [1.807, 2.05) is 33.4 Å². The molecule has 2 N–H and O–H groups in total. The number of nitrogens with zero attached hydrogens (tertiary/aromatic N) is 3. The number of aromatic nitrogens is 1. The molecule has 0 spiro atoms. The van der Waals surface area contributed by atoms with Gasteiger partial charge in [0.05, 0.1) is 5.54 Å². The molecule has 4 heterocycles. The van der Waals surface area contributed by atoms with Gasteiger partial charge < -0.3 is 15.1 Å². The first-order valence-electron chi connectivity index (χ1n) is 11.8. The standard InChI is InChI=1S/C26H27N5O2S/c32-23(24-28-10-11-34-24)26(8-9-27-17-26)29-22-15-31(16-22)25(33)30-13-20-7-6-19(12-21(20)14-30)18-4-2-1-3-5-18/h1-7,10-12,22,27,29H,8-9,13-17H2/t26-/m0/s1. The van der Waals surface area contributed by atoms with Gasteiger partial charge in [-0.25, -0.2) is 9.78 Å². The van der Waals surface area contributed by atoms with E-state index in [0.29, 0.717) is 37.7 Å². The van der Waals surface area contributed by atoms with Gasteiger partial charge in [0, 0.05) is 50.3 Å². The van der Waals surface area contributed by atoms with Crippen LogP contribution in [0.15, 0.2) is 60.1 Å². The molecule has 3 aromatic rings. The zero-order chi connectivity index (χ0) is 23.1. The lowest BCUT2D eigenvalue weighted by Gasteiger charge is -2.45. The SMILES string of the molecule is O=C(N1Cc2ccc(-c3ccccc3)cc2C1)N1CC(N[C@@]2(C(=O)c3nccs3)CCNC2)C1. The summed E-state index contributed by atoms with van der Waals surface area (Å²) in [6, 6.07) is 17.0. The molecule has 0 radical (unpaired) electrons. The molecule has 2 saturated heterocycles. The third kappa shape index (κ3) is 3.81. The number of ketones is 1. The minimum atomic E-state index is -0.630. The number of hydrogen-bond acceptors (Lipinski definition) is 6. The van der Waals surface area contributed by atoms with Crippen molar-refractivity contribution in [2.75, 3.05) is 26.2 Å². The van der Waals surface area contributed by atoms with Gasteiger partial charge in [-0.15, -0.1) is 11.3 Å². The largest absolute Gasteiger partial charge is 0.321 e. The molecule has 8 heteroatoms. The van der Waals surface area contributed by atoms with Crippen molar-refractivity contribution >= 4 is 23.2 Å². The van der Waals surface area contributed by atoms with Gasteiger partial charge in [-0.05, 0) is 41.3 Å². The third-order valence-electron chi connectivity index (χ3n) is 7.16. The number of likely N-dealkylation sites (tertiary alicyclic amines) is 1. The molecule has 0 unspecified atom stereocenters. The lowest BCUT2D eigenvalue weighted by atomic mass is 9.90. The van der Waals surface area contributed by atoms with Gasteiger partial charge in [0.2, 0.25) is 5.78 Å². The maximum absolute atomic E-state index is 13.2. The summed E-state index contributed by atoms with van der Waals surface area (Å²) in [5, 5.41) is 9.28. The van der Waals surface area contributed by atoms with E-state index in [1.165, 1.54) is 33.6 Å². The number of fused-ring (bicyclic) bond motifs is 1. The molecule has 0 aliphatic carbocycles. The number of carbonyl (C=O) groups excluding carboxylic acids is 2. The Morgan fingerprint density at radius 1 is 1.03 bits per heavy atom. The van der Waals surface area contributed by atoms with Gasteiger partial charge in [-0.1, -0.05) is 42.5 Å². The van der Waals surface area contributed by atoms with Crippen LogP contribution in [0.3, 0.4) is 0 Å². The van der Waals surface area contributed by atoms with E-state index in [1.54, 1.807) is 6.20 Å². The van der Waals surface area contributed by atoms with Crippen LogP contribution in [0.25, 0.3) is 11.1 Å². The van der Waals surface area contributed by atoms with Gasteiger partial charge >= 0.3 is 6.03 Å². The van der Waals surface area contributed by atoms with Crippen molar-refractivity contribution in [2.24, 2.45) is 0 Å². The van der Waals surface area contributed by atoms with E-state index >= 15 is 0 Å². The molecule has 2 aromatic carbocycles. The van der Waals surface area contributed by atoms with Crippen LogP contribution < -0.4 is 10.6 Å². The minimum absolute atomic E-state index is 0.0569. The molecular weight excluding hydrogens is 446 g/mol. The number of Topliss-reactive ketones (excluding diaryl/α,β-unsaturated/α-hetero) is 1. The number of urea groups is 1. The summed E-state index contributed by atoms with van der Waals surface area (Å²) in [6.45, 7) is 3.92. The van der Waals surface area contributed by atoms with Crippen molar-refractivity contribution in [1.82, 2.24) is 25.4 Å². The van der Waals surface area contributed by atoms with Crippen molar-refractivity contribution in [3.05, 3.63) is 76.2 Å². The smallest absolute Gasteiger partial charge is 0.320 e. The second kappa shape index (κ2) is 8.61. The minimum Gasteiger partial charge on any atom is -0.321 e. The highest BCUT2D eigenvalue weighted by molar-refractivity contribution is 7.11. The number of rotatable bonds is 5. The monoisotopic (exact) mass is 473 g/mol. The Bertz CT molecular complexity index is 1200. The number of benzene rings is 2. The summed E-state index contributed by atoms with van der Waals surface area (Å²) >= 11 is 1.39. The highest BCUT2D eigenvalue weighted by atomic mass is 32.1. The molecule has 2 amide bonds. The van der Waals surface area contributed by atoms with Gasteiger partial charge in [0.1, 0.15) is 0 Å². The molecule has 3 aliphatic heterocycles. The van der Waals surface area contributed by atoms with Gasteiger partial charge in [0.15, 0.2) is 5.01 Å². The van der Waals surface area contributed by atoms with E-state index in [-0.39, 0.29) is 17.9 Å². The number of amides is 2. The van der Waals surface area contributed by atoms with Crippen molar-refractivity contribution in [1.29, 1.82) is 0 Å². The molecule has 3 aliphatic rings. The quantitative estimate of drug-likeness (QED) is 0.557. The second-order valence-corrected chi connectivity index (χ2v) is 10.3. The van der Waals surface area contributed by atoms with Crippen molar-refractivity contribution < 1.29 is 9.59 Å². The summed E-state index contributed by atoms with van der Waals surface area (Å²) in [5.74, 6) is 0.0569. The Kier molecular flexibility index (Phi) is 5.44. The number of nitrogens with one attached hydrogen (secondary N) is 2. The first-order chi connectivity index (χ1) is 16.6. The van der Waals surface area contributed by atoms with Crippen LogP contribution in [0.1, 0.15) is 27.3 Å². The molecule has 7 nitrogen and oxygen atoms in total. The number of carbonyl (C=O) groups is 2. The Morgan fingerprint density at radius 3 is 2.59 bits per heavy atom. The summed E-state index contributed by atoms with van der Waals surface area (Å²) in [5.41, 5.74) is 4.18. The Balaban J connectivity index is 1.08. The molecule has 2 fully saturated rings. The predicted molar refractivity (Wildman–Crippen MR) is 132 cm³/mol. The molecule has 1 atom stereocenters. The van der Waals surface area contributed by atoms with Crippen LogP contribution >= 0.6 is 11.3 Å². The normalized spacial score (nSPS) is 22.0. The predicted octanol–water partition coefficient (Wildman–Crippen LogP) is 3.13. The highest BCUT2D eigenvalue weighted by Gasteiger charge is 2.47. The fraction of sp³-hybridized carbons (Fsp3) is 0.346. The molecule has 34 heavy (non-hydrogen) atoms. The van der Waals surface area contributed by atoms with Crippen LogP contribution in [0.4, 0.5) is 4.79 Å². The van der Waals surface area contributed by atoms with E-state index < -0.39 is 5.54 Å². The average Bonchev–Trinajstić information content (AvgIpc) is 3.61. The lowest BCUT2D eigenvalue weighted by Crippen LogP contribution is -2.68. The molecule has 6 rings (SSSR count). The van der Waals surface area contributed by atoms with Crippen molar-refractivity contribution in [3.63, 3.8) is 0 Å². The fourth-order valence-corrected chi connectivity index (χ4v) is 5.95. The van der Waals surface area contributed by atoms with Gasteiger partial charge in [-0.3, -0.25) is 10.1 Å². The fourth-order valence-electron chi connectivity index (χ4n) is 5.27. The average molecular weight is 474 g/mol. The van der Waals surface area contributed by atoms with Crippen molar-refractivity contribution in [2.45, 2.75) is 31.1 Å². The van der Waals surface area contributed by atoms with E-state index in [4.69, 9.17) is 0 Å². The van der Waals surface area contributed by atoms with Crippen LogP contribution in [0.2, 0.25) is 0 Å². The zero-order valence-electron chi connectivity index (χ0n) is 18.9. The summed E-state index contributed by atoms with van der Waals surface area (Å²) in [4.78, 5) is 34.3. The molecular formula is C26H27N5O2S. The second-order valence-electron chi connectivity index (χ2n) is 9.41. The number of hydrogen-bond donors (Lipinski definition) is 2. The maximum atomic E-state index is 13.2. The Labute approximate surface area is 202 Å². The summed E-state index contributed by atoms with van der Waals surface area (Å²) in [6.07, 6.45) is 2.41. The van der Waals surface area contributed by atoms with Crippen LogP contribution in [0.5, 0.6) is 0 Å². The molecule has 0 saturated carbocycles. The van der Waals surface area contributed by atoms with Crippen LogP contribution in [0, 0.1) is 0 Å². The highest BCUT2D eigenvalue weighted by Crippen LogP contribution is 2.30. The van der Waals surface area contributed by atoms with Crippen LogP contribution in [-0.2, 0) is 13.1 Å². The maximum Gasteiger partial charge on any atom is 0.320 e. The van der Waals surface area contributed by atoms with Gasteiger partial charge in [0.25, 0.3) is 0 Å². The number of thiazole rings is 1. The first kappa shape index (κ1) is 21.5. The summed E-state index contributed by atoms with van der Waals surface area (Å²) < 4.78 is 0. The van der Waals surface area contributed by atoms with Crippen molar-refractivity contribution in [3.8, 4) is 11.1 Å². The Hall–Kier alpha value is -3.07. The van der Waals surface area contributed by atoms with E-state index in [0.717, 1.165) is 13.0 Å². The van der Waals surface area contributed by atoms with Gasteiger partial charge in [-0.2, -0.15) is 0 Å². The molecule has 0 bridgehead atoms. The Morgan fingerprint density at radius 2 is 1.85 bits per heavy atom. The molecule has 174 valence electrons. The van der Waals surface area contributed by atoms with E-state index in [2.05, 4.69) is 45.9 Å². The first-order valence-corrected chi connectivity index (χ1v) is 12.6. The van der Waals surface area contributed by atoms with Crippen LogP contribution in [-0.4, -0.2) is 64.4 Å². The van der Waals surface area contributed by atoms with E-state index in [9.17, 15) is 9.59 Å². The molecule has 1 aromatic heterocycles. The zero-order valence-corrected chi connectivity index (χ0v) is 19.7.